The molecule has 1 heterocycles. The molecule has 160 valence electrons. The summed E-state index contributed by atoms with van der Waals surface area (Å²) in [6.45, 7) is 0. The van der Waals surface area contributed by atoms with E-state index in [9.17, 15) is 23.2 Å². The number of thiazole rings is 1. The molecule has 0 aliphatic carbocycles. The minimum Gasteiger partial charge on any atom is -0.494 e. The molecule has 0 aliphatic heterocycles. The number of carboxylic acid groups (broad SMARTS) is 1. The maximum Gasteiger partial charge on any atom is 0.417 e. The van der Waals surface area contributed by atoms with Gasteiger partial charge in [-0.15, -0.1) is 16.5 Å². The summed E-state index contributed by atoms with van der Waals surface area (Å²) in [7, 11) is 1.34. The average molecular weight is 449 g/mol. The number of ether oxygens (including phenoxy) is 1. The van der Waals surface area contributed by atoms with Gasteiger partial charge < -0.3 is 9.84 Å². The zero-order valence-electron chi connectivity index (χ0n) is 15.8. The number of alkyl halides is 3. The van der Waals surface area contributed by atoms with Crippen LogP contribution >= 0.6 is 11.3 Å². The third kappa shape index (κ3) is 5.25. The number of nitrogens with one attached hydrogen (secondary N) is 1. The Morgan fingerprint density at radius 3 is 2.65 bits per heavy atom. The van der Waals surface area contributed by atoms with Gasteiger partial charge in [0, 0.05) is 10.9 Å². The minimum absolute atomic E-state index is 0.00255. The van der Waals surface area contributed by atoms with Crippen molar-refractivity contribution in [1.82, 2.24) is 4.98 Å². The number of carboxylic acids is 1. The van der Waals surface area contributed by atoms with Crippen LogP contribution in [0.4, 0.5) is 24.7 Å². The minimum atomic E-state index is -4.53. The summed E-state index contributed by atoms with van der Waals surface area (Å²) in [4.78, 5) is 15.1. The van der Waals surface area contributed by atoms with Crippen molar-refractivity contribution in [3.05, 3.63) is 69.5 Å². The number of hydrogen-bond donors (Lipinski definition) is 3. The second-order valence-electron chi connectivity index (χ2n) is 5.95. The first-order valence-corrected chi connectivity index (χ1v) is 9.38. The zero-order chi connectivity index (χ0) is 22.6. The second-order valence-corrected chi connectivity index (χ2v) is 6.81. The number of halogens is 3. The molecule has 7 nitrogen and oxygen atoms in total. The highest BCUT2D eigenvalue weighted by Crippen LogP contribution is 2.31. The summed E-state index contributed by atoms with van der Waals surface area (Å²) in [6, 6.07) is 8.92. The van der Waals surface area contributed by atoms with Crippen molar-refractivity contribution in [2.75, 3.05) is 17.7 Å². The van der Waals surface area contributed by atoms with Gasteiger partial charge in [-0.2, -0.15) is 13.2 Å². The van der Waals surface area contributed by atoms with Gasteiger partial charge in [-0.25, -0.2) is 9.78 Å². The lowest BCUT2D eigenvalue weighted by Gasteiger charge is -2.18. The monoisotopic (exact) mass is 449 g/mol. The summed E-state index contributed by atoms with van der Waals surface area (Å²) in [5.74, 6) is 4.07. The molecular weight excluding hydrogens is 435 g/mol. The fourth-order valence-electron chi connectivity index (χ4n) is 2.47. The number of rotatable bonds is 5. The van der Waals surface area contributed by atoms with Gasteiger partial charge in [0.25, 0.3) is 0 Å². The Labute approximate surface area is 178 Å². The number of anilines is 2. The van der Waals surface area contributed by atoms with Crippen molar-refractivity contribution in [2.24, 2.45) is 0 Å². The van der Waals surface area contributed by atoms with Gasteiger partial charge in [-0.1, -0.05) is 18.1 Å². The number of carbonyl (C=O) groups is 1. The quantitative estimate of drug-likeness (QED) is 0.390. The summed E-state index contributed by atoms with van der Waals surface area (Å²) in [5.41, 5.74) is 1.80. The fourth-order valence-corrected chi connectivity index (χ4v) is 3.09. The van der Waals surface area contributed by atoms with Crippen molar-refractivity contribution < 1.29 is 33.0 Å². The second kappa shape index (κ2) is 8.95. The molecule has 3 rings (SSSR count). The lowest BCUT2D eigenvalue weighted by Crippen LogP contribution is -2.26. The number of aromatic nitrogens is 1. The van der Waals surface area contributed by atoms with Crippen molar-refractivity contribution in [2.45, 2.75) is 6.18 Å². The highest BCUT2D eigenvalue weighted by atomic mass is 32.1. The molecule has 31 heavy (non-hydrogen) atoms. The Hall–Kier alpha value is -3.75. The molecule has 0 atom stereocenters. The van der Waals surface area contributed by atoms with E-state index in [1.807, 2.05) is 0 Å². The van der Waals surface area contributed by atoms with Gasteiger partial charge >= 0.3 is 12.1 Å². The van der Waals surface area contributed by atoms with E-state index >= 15 is 0 Å². The molecule has 0 unspecified atom stereocenters. The van der Waals surface area contributed by atoms with Crippen LogP contribution < -0.4 is 15.3 Å². The van der Waals surface area contributed by atoms with Gasteiger partial charge in [0.15, 0.2) is 10.8 Å². The first-order chi connectivity index (χ1) is 14.7. The Bertz CT molecular complexity index is 1170. The number of methoxy groups -OCH3 is 1. The average Bonchev–Trinajstić information content (AvgIpc) is 3.21. The van der Waals surface area contributed by atoms with Crippen LogP contribution in [0.2, 0.25) is 0 Å². The molecule has 0 saturated carbocycles. The van der Waals surface area contributed by atoms with E-state index < -0.39 is 17.7 Å². The fraction of sp³-hybridized carbons (Fsp3) is 0.100. The van der Waals surface area contributed by atoms with E-state index in [1.165, 1.54) is 48.9 Å². The normalized spacial score (nSPS) is 10.7. The number of nitrogens with zero attached hydrogens (tertiary/aromatic N) is 2. The maximum atomic E-state index is 13.1. The number of aromatic carboxylic acids is 1. The largest absolute Gasteiger partial charge is 0.494 e. The first kappa shape index (κ1) is 21.9. The van der Waals surface area contributed by atoms with E-state index in [2.05, 4.69) is 22.3 Å². The third-order valence-corrected chi connectivity index (χ3v) is 4.67. The zero-order valence-corrected chi connectivity index (χ0v) is 16.6. The predicted molar refractivity (Wildman–Crippen MR) is 107 cm³/mol. The molecule has 0 spiro atoms. The Morgan fingerprint density at radius 2 is 1.97 bits per heavy atom. The molecule has 1 aromatic heterocycles. The lowest BCUT2D eigenvalue weighted by molar-refractivity contribution is -0.137. The summed E-state index contributed by atoms with van der Waals surface area (Å²) < 4.78 is 44.3. The molecule has 2 aromatic carbocycles. The van der Waals surface area contributed by atoms with Gasteiger partial charge in [-0.3, -0.25) is 10.6 Å². The van der Waals surface area contributed by atoms with Crippen molar-refractivity contribution >= 4 is 28.8 Å². The maximum absolute atomic E-state index is 13.1. The van der Waals surface area contributed by atoms with E-state index in [4.69, 9.17) is 9.84 Å². The number of benzene rings is 2. The Morgan fingerprint density at radius 1 is 1.23 bits per heavy atom. The molecule has 0 radical (unpaired) electrons. The SMILES string of the molecule is COc1cc(C(=O)O)ccc1NN(O)c1csc(C#Cc2ccccc2C(F)(F)F)n1. The standard InChI is InChI=1S/C20H14F3N3O4S/c1-30-16-10-13(19(27)28)6-8-15(16)25-26(29)17-11-31-18(24-17)9-7-12-4-2-3-5-14(12)20(21,22)23/h2-6,8,10-11,25,29H,1H3,(H,27,28). The molecule has 11 heteroatoms. The van der Waals surface area contributed by atoms with Crippen LogP contribution in [0, 0.1) is 11.8 Å². The van der Waals surface area contributed by atoms with Crippen LogP contribution in [-0.2, 0) is 6.18 Å². The lowest BCUT2D eigenvalue weighted by atomic mass is 10.1. The Kier molecular flexibility index (Phi) is 6.33. The summed E-state index contributed by atoms with van der Waals surface area (Å²) in [6.07, 6.45) is -4.53. The molecule has 0 aliphatic rings. The predicted octanol–water partition coefficient (Wildman–Crippen LogP) is 4.49. The van der Waals surface area contributed by atoms with E-state index in [0.717, 1.165) is 17.4 Å². The molecule has 3 aromatic rings. The summed E-state index contributed by atoms with van der Waals surface area (Å²) >= 11 is 1.02. The molecule has 0 saturated heterocycles. The topological polar surface area (TPSA) is 94.9 Å². The number of hydrazine groups is 1. The van der Waals surface area contributed by atoms with Crippen LogP contribution in [0.15, 0.2) is 47.8 Å². The molecule has 0 amide bonds. The van der Waals surface area contributed by atoms with Gasteiger partial charge in [0.05, 0.1) is 23.9 Å². The molecule has 0 fully saturated rings. The number of hydrogen-bond acceptors (Lipinski definition) is 7. The van der Waals surface area contributed by atoms with Crippen molar-refractivity contribution in [1.29, 1.82) is 0 Å². The smallest absolute Gasteiger partial charge is 0.417 e. The first-order valence-electron chi connectivity index (χ1n) is 8.50. The van der Waals surface area contributed by atoms with Crippen LogP contribution in [0.1, 0.15) is 26.5 Å². The third-order valence-electron chi connectivity index (χ3n) is 3.92. The van der Waals surface area contributed by atoms with Crippen LogP contribution in [0.25, 0.3) is 0 Å². The van der Waals surface area contributed by atoms with E-state index in [1.54, 1.807) is 0 Å². The molecule has 3 N–H and O–H groups in total. The van der Waals surface area contributed by atoms with E-state index in [-0.39, 0.29) is 33.4 Å². The molecular formula is C20H14F3N3O4S. The van der Waals surface area contributed by atoms with Crippen molar-refractivity contribution in [3.8, 4) is 17.6 Å². The highest BCUT2D eigenvalue weighted by molar-refractivity contribution is 7.10. The Balaban J connectivity index is 1.79. The van der Waals surface area contributed by atoms with Crippen molar-refractivity contribution in [3.63, 3.8) is 0 Å². The van der Waals surface area contributed by atoms with Crippen LogP contribution in [0.3, 0.4) is 0 Å². The summed E-state index contributed by atoms with van der Waals surface area (Å²) in [5, 5.41) is 21.4. The van der Waals surface area contributed by atoms with Gasteiger partial charge in [-0.05, 0) is 36.3 Å². The van der Waals surface area contributed by atoms with Gasteiger partial charge in [0.2, 0.25) is 0 Å². The van der Waals surface area contributed by atoms with Gasteiger partial charge in [0.1, 0.15) is 5.75 Å². The van der Waals surface area contributed by atoms with E-state index in [0.29, 0.717) is 5.17 Å². The highest BCUT2D eigenvalue weighted by Gasteiger charge is 2.32. The molecule has 0 bridgehead atoms. The van der Waals surface area contributed by atoms with Crippen LogP contribution in [0.5, 0.6) is 5.75 Å². The van der Waals surface area contributed by atoms with Crippen LogP contribution in [-0.4, -0.2) is 28.4 Å².